The third-order valence-corrected chi connectivity index (χ3v) is 4.82. The molecule has 3 aromatic rings. The molecule has 3 N–H and O–H groups in total. The number of nitrogens with one attached hydrogen (secondary N) is 1. The minimum atomic E-state index is -0.599. The second-order valence-electron chi connectivity index (χ2n) is 6.80. The standard InChI is InChI=1S/C21H19FN4O4/c1-29-17-7-12(5-6-16(17)30-10-18(23)27)15-9-19(28)25-21-20(15)24-11-26(21)14-4-2-3-13(22)8-14/h2-8,11,15H,9-10H2,1H3,(H2,23,27)(H,25,28)/t15-/m0/s1. The molecule has 4 rings (SSSR count). The van der Waals surface area contributed by atoms with Crippen LogP contribution >= 0.6 is 0 Å². The topological polar surface area (TPSA) is 108 Å². The van der Waals surface area contributed by atoms with Gasteiger partial charge < -0.3 is 20.5 Å². The lowest BCUT2D eigenvalue weighted by atomic mass is 9.89. The number of rotatable bonds is 6. The zero-order valence-electron chi connectivity index (χ0n) is 16.1. The van der Waals surface area contributed by atoms with Crippen LogP contribution in [0.25, 0.3) is 5.69 Å². The average Bonchev–Trinajstić information content (AvgIpc) is 3.15. The summed E-state index contributed by atoms with van der Waals surface area (Å²) in [5.74, 6) is -0.226. The van der Waals surface area contributed by atoms with Crippen molar-refractivity contribution in [3.8, 4) is 17.2 Å². The van der Waals surface area contributed by atoms with Gasteiger partial charge >= 0.3 is 0 Å². The SMILES string of the molecule is COc1cc([C@@H]2CC(=O)Nc3c2ncn3-c2cccc(F)c2)ccc1OCC(N)=O. The third-order valence-electron chi connectivity index (χ3n) is 4.82. The van der Waals surface area contributed by atoms with Gasteiger partial charge in [0.1, 0.15) is 18.0 Å². The van der Waals surface area contributed by atoms with Crippen LogP contribution in [-0.2, 0) is 9.59 Å². The summed E-state index contributed by atoms with van der Waals surface area (Å²) in [5.41, 5.74) is 7.13. The minimum absolute atomic E-state index is 0.182. The molecule has 0 saturated carbocycles. The van der Waals surface area contributed by atoms with E-state index in [1.165, 1.54) is 19.2 Å². The van der Waals surface area contributed by atoms with E-state index in [-0.39, 0.29) is 30.7 Å². The van der Waals surface area contributed by atoms with Gasteiger partial charge in [-0.15, -0.1) is 0 Å². The highest BCUT2D eigenvalue weighted by molar-refractivity contribution is 5.94. The Kier molecular flexibility index (Phi) is 5.09. The number of halogens is 1. The number of amides is 2. The van der Waals surface area contributed by atoms with Gasteiger partial charge in [0.2, 0.25) is 5.91 Å². The van der Waals surface area contributed by atoms with Crippen molar-refractivity contribution in [1.29, 1.82) is 0 Å². The van der Waals surface area contributed by atoms with Crippen molar-refractivity contribution in [2.45, 2.75) is 12.3 Å². The lowest BCUT2D eigenvalue weighted by Crippen LogP contribution is -2.25. The molecule has 0 aliphatic carbocycles. The van der Waals surface area contributed by atoms with Crippen LogP contribution in [0.4, 0.5) is 10.2 Å². The summed E-state index contributed by atoms with van der Waals surface area (Å²) >= 11 is 0. The maximum atomic E-state index is 13.7. The Hall–Kier alpha value is -3.88. The molecule has 1 aliphatic rings. The number of hydrogen-bond donors (Lipinski definition) is 2. The van der Waals surface area contributed by atoms with Crippen LogP contribution in [0.2, 0.25) is 0 Å². The zero-order chi connectivity index (χ0) is 21.3. The van der Waals surface area contributed by atoms with Gasteiger partial charge in [-0.25, -0.2) is 9.37 Å². The van der Waals surface area contributed by atoms with Crippen molar-refractivity contribution in [2.75, 3.05) is 19.0 Å². The van der Waals surface area contributed by atoms with Gasteiger partial charge in [0, 0.05) is 12.3 Å². The molecule has 8 nitrogen and oxygen atoms in total. The molecule has 0 bridgehead atoms. The van der Waals surface area contributed by atoms with Crippen molar-refractivity contribution < 1.29 is 23.5 Å². The molecule has 0 spiro atoms. The Morgan fingerprint density at radius 3 is 2.87 bits per heavy atom. The first-order chi connectivity index (χ1) is 14.5. The second kappa shape index (κ2) is 7.86. The molecule has 2 amide bonds. The number of methoxy groups -OCH3 is 1. The van der Waals surface area contributed by atoms with Crippen molar-refractivity contribution in [3.63, 3.8) is 0 Å². The van der Waals surface area contributed by atoms with Gasteiger partial charge in [0.05, 0.1) is 18.5 Å². The Morgan fingerprint density at radius 2 is 2.13 bits per heavy atom. The smallest absolute Gasteiger partial charge is 0.255 e. The Labute approximate surface area is 171 Å². The summed E-state index contributed by atoms with van der Waals surface area (Å²) in [7, 11) is 1.48. The highest BCUT2D eigenvalue weighted by Crippen LogP contribution is 2.40. The van der Waals surface area contributed by atoms with Crippen LogP contribution in [0, 0.1) is 5.82 Å². The van der Waals surface area contributed by atoms with Crippen LogP contribution in [0.1, 0.15) is 23.6 Å². The van der Waals surface area contributed by atoms with Crippen molar-refractivity contribution in [1.82, 2.24) is 9.55 Å². The van der Waals surface area contributed by atoms with Crippen molar-refractivity contribution in [3.05, 3.63) is 65.9 Å². The first-order valence-corrected chi connectivity index (χ1v) is 9.18. The molecule has 9 heteroatoms. The second-order valence-corrected chi connectivity index (χ2v) is 6.80. The van der Waals surface area contributed by atoms with Gasteiger partial charge in [-0.2, -0.15) is 0 Å². The van der Waals surface area contributed by atoms with Crippen LogP contribution in [0.3, 0.4) is 0 Å². The quantitative estimate of drug-likeness (QED) is 0.649. The van der Waals surface area contributed by atoms with Crippen LogP contribution in [0.5, 0.6) is 11.5 Å². The van der Waals surface area contributed by atoms with Crippen LogP contribution < -0.4 is 20.5 Å². The van der Waals surface area contributed by atoms with E-state index in [2.05, 4.69) is 10.3 Å². The summed E-state index contributed by atoms with van der Waals surface area (Å²) in [5, 5.41) is 2.83. The number of aromatic nitrogens is 2. The molecule has 2 aromatic carbocycles. The number of nitrogens with zero attached hydrogens (tertiary/aromatic N) is 2. The van der Waals surface area contributed by atoms with E-state index in [0.29, 0.717) is 28.7 Å². The number of primary amides is 1. The molecule has 0 unspecified atom stereocenters. The monoisotopic (exact) mass is 410 g/mol. The van der Waals surface area contributed by atoms with Gasteiger partial charge in [-0.05, 0) is 35.9 Å². The highest BCUT2D eigenvalue weighted by Gasteiger charge is 2.31. The first kappa shape index (κ1) is 19.4. The highest BCUT2D eigenvalue weighted by atomic mass is 19.1. The Morgan fingerprint density at radius 1 is 1.30 bits per heavy atom. The van der Waals surface area contributed by atoms with Crippen molar-refractivity contribution in [2.24, 2.45) is 5.73 Å². The number of nitrogens with two attached hydrogens (primary N) is 1. The van der Waals surface area contributed by atoms with E-state index in [9.17, 15) is 14.0 Å². The molecule has 0 radical (unpaired) electrons. The van der Waals surface area contributed by atoms with E-state index in [0.717, 1.165) is 5.56 Å². The number of carbonyl (C=O) groups excluding carboxylic acids is 2. The van der Waals surface area contributed by atoms with Gasteiger partial charge in [0.25, 0.3) is 5.91 Å². The van der Waals surface area contributed by atoms with Gasteiger partial charge in [-0.1, -0.05) is 12.1 Å². The van der Waals surface area contributed by atoms with Gasteiger partial charge in [-0.3, -0.25) is 14.2 Å². The largest absolute Gasteiger partial charge is 0.493 e. The van der Waals surface area contributed by atoms with E-state index in [1.54, 1.807) is 41.2 Å². The molecule has 0 saturated heterocycles. The summed E-state index contributed by atoms with van der Waals surface area (Å²) in [4.78, 5) is 27.9. The molecular weight excluding hydrogens is 391 g/mol. The predicted octanol–water partition coefficient (Wildman–Crippen LogP) is 2.36. The lowest BCUT2D eigenvalue weighted by Gasteiger charge is -2.24. The van der Waals surface area contributed by atoms with E-state index in [4.69, 9.17) is 15.2 Å². The normalized spacial score (nSPS) is 15.3. The van der Waals surface area contributed by atoms with E-state index < -0.39 is 5.91 Å². The number of anilines is 1. The van der Waals surface area contributed by atoms with Crippen LogP contribution in [0.15, 0.2) is 48.8 Å². The summed E-state index contributed by atoms with van der Waals surface area (Å²) in [6.07, 6.45) is 1.75. The lowest BCUT2D eigenvalue weighted by molar-refractivity contribution is -0.120. The van der Waals surface area contributed by atoms with Gasteiger partial charge in [0.15, 0.2) is 18.1 Å². The van der Waals surface area contributed by atoms with Crippen LogP contribution in [-0.4, -0.2) is 35.1 Å². The fraction of sp³-hybridized carbons (Fsp3) is 0.190. The fourth-order valence-electron chi connectivity index (χ4n) is 3.47. The number of carbonyl (C=O) groups is 2. The molecule has 30 heavy (non-hydrogen) atoms. The predicted molar refractivity (Wildman–Crippen MR) is 106 cm³/mol. The van der Waals surface area contributed by atoms with E-state index in [1.807, 2.05) is 0 Å². The minimum Gasteiger partial charge on any atom is -0.493 e. The Bertz CT molecular complexity index is 1130. The Balaban J connectivity index is 1.72. The maximum Gasteiger partial charge on any atom is 0.255 e. The van der Waals surface area contributed by atoms with E-state index >= 15 is 0 Å². The molecule has 1 aromatic heterocycles. The first-order valence-electron chi connectivity index (χ1n) is 9.18. The third kappa shape index (κ3) is 3.69. The summed E-state index contributed by atoms with van der Waals surface area (Å²) in [6, 6.07) is 11.2. The number of imidazole rings is 1. The van der Waals surface area contributed by atoms with Crippen molar-refractivity contribution >= 4 is 17.6 Å². The molecular formula is C21H19FN4O4. The summed E-state index contributed by atoms with van der Waals surface area (Å²) in [6.45, 7) is -0.274. The average molecular weight is 410 g/mol. The number of benzene rings is 2. The summed E-state index contributed by atoms with van der Waals surface area (Å²) < 4.78 is 26.0. The molecule has 154 valence electrons. The maximum absolute atomic E-state index is 13.7. The molecule has 1 aliphatic heterocycles. The number of ether oxygens (including phenoxy) is 2. The fourth-order valence-corrected chi connectivity index (χ4v) is 3.47. The zero-order valence-corrected chi connectivity index (χ0v) is 16.1. The molecule has 2 heterocycles. The number of fused-ring (bicyclic) bond motifs is 1. The number of hydrogen-bond acceptors (Lipinski definition) is 5. The molecule has 1 atom stereocenters. The molecule has 0 fully saturated rings.